The molecule has 88 valence electrons. The van der Waals surface area contributed by atoms with E-state index in [4.69, 9.17) is 0 Å². The van der Waals surface area contributed by atoms with Gasteiger partial charge in [0.25, 0.3) is 0 Å². The van der Waals surface area contributed by atoms with Gasteiger partial charge in [-0.05, 0) is 45.1 Å². The highest BCUT2D eigenvalue weighted by Gasteiger charge is 2.18. The number of aromatic nitrogens is 2. The Morgan fingerprint density at radius 1 is 1.12 bits per heavy atom. The van der Waals surface area contributed by atoms with Crippen LogP contribution in [0.1, 0.15) is 35.2 Å². The van der Waals surface area contributed by atoms with Gasteiger partial charge in [-0.2, -0.15) is 5.10 Å². The maximum atomic E-state index is 4.53. The zero-order chi connectivity index (χ0) is 11.8. The second-order valence-electron chi connectivity index (χ2n) is 5.05. The highest BCUT2D eigenvalue weighted by atomic mass is 15.1. The van der Waals surface area contributed by atoms with E-state index in [0.29, 0.717) is 0 Å². The summed E-state index contributed by atoms with van der Waals surface area (Å²) in [5, 5.41) is 7.75. The molecule has 1 heterocycles. The zero-order valence-electron chi connectivity index (χ0n) is 10.5. The molecule has 3 rings (SSSR count). The van der Waals surface area contributed by atoms with Crippen LogP contribution in [-0.2, 0) is 12.8 Å². The first-order valence-corrected chi connectivity index (χ1v) is 6.39. The van der Waals surface area contributed by atoms with E-state index in [1.54, 1.807) is 0 Å². The Labute approximate surface area is 102 Å². The Hall–Kier alpha value is -1.57. The van der Waals surface area contributed by atoms with Gasteiger partial charge in [0, 0.05) is 16.8 Å². The van der Waals surface area contributed by atoms with Crippen molar-refractivity contribution in [1.82, 2.24) is 10.2 Å². The van der Waals surface area contributed by atoms with Gasteiger partial charge in [0.05, 0.1) is 5.69 Å². The minimum Gasteiger partial charge on any atom is -0.282 e. The molecule has 0 saturated carbocycles. The third-order valence-corrected chi connectivity index (χ3v) is 3.69. The van der Waals surface area contributed by atoms with Gasteiger partial charge in [-0.25, -0.2) is 0 Å². The second-order valence-corrected chi connectivity index (χ2v) is 5.05. The number of H-pyrrole nitrogens is 1. The molecule has 0 bridgehead atoms. The van der Waals surface area contributed by atoms with Crippen molar-refractivity contribution in [2.24, 2.45) is 0 Å². The van der Waals surface area contributed by atoms with E-state index in [-0.39, 0.29) is 0 Å². The number of aromatic amines is 1. The molecule has 0 spiro atoms. The van der Waals surface area contributed by atoms with Crippen molar-refractivity contribution in [2.75, 3.05) is 0 Å². The topological polar surface area (TPSA) is 28.7 Å². The molecule has 0 fully saturated rings. The van der Waals surface area contributed by atoms with Crippen molar-refractivity contribution < 1.29 is 0 Å². The lowest BCUT2D eigenvalue weighted by Gasteiger charge is -2.12. The lowest BCUT2D eigenvalue weighted by Crippen LogP contribution is -2.01. The molecule has 0 saturated heterocycles. The van der Waals surface area contributed by atoms with Crippen LogP contribution in [0.2, 0.25) is 0 Å². The van der Waals surface area contributed by atoms with Crippen molar-refractivity contribution >= 4 is 0 Å². The van der Waals surface area contributed by atoms with Gasteiger partial charge in [0.1, 0.15) is 0 Å². The van der Waals surface area contributed by atoms with Crippen molar-refractivity contribution in [3.63, 3.8) is 0 Å². The summed E-state index contributed by atoms with van der Waals surface area (Å²) in [7, 11) is 0. The molecule has 17 heavy (non-hydrogen) atoms. The SMILES string of the molecule is Cc1ccc(-c2n[nH]c3c2CCCC3)c(C)c1. The average Bonchev–Trinajstić information content (AvgIpc) is 2.73. The maximum Gasteiger partial charge on any atom is 0.0958 e. The summed E-state index contributed by atoms with van der Waals surface area (Å²) in [5.41, 5.74) is 7.90. The van der Waals surface area contributed by atoms with E-state index in [2.05, 4.69) is 42.2 Å². The highest BCUT2D eigenvalue weighted by Crippen LogP contribution is 2.31. The molecule has 0 atom stereocenters. The number of hydrogen-bond acceptors (Lipinski definition) is 1. The number of hydrogen-bond donors (Lipinski definition) is 1. The van der Waals surface area contributed by atoms with Crippen LogP contribution in [0.15, 0.2) is 18.2 Å². The van der Waals surface area contributed by atoms with Gasteiger partial charge < -0.3 is 0 Å². The summed E-state index contributed by atoms with van der Waals surface area (Å²) >= 11 is 0. The molecular weight excluding hydrogens is 208 g/mol. The molecule has 1 aromatic heterocycles. The molecule has 0 amide bonds. The Morgan fingerprint density at radius 2 is 1.94 bits per heavy atom. The standard InChI is InChI=1S/C15H18N2/c1-10-7-8-12(11(2)9-10)15-13-5-3-4-6-14(13)16-17-15/h7-9H,3-6H2,1-2H3,(H,16,17). The summed E-state index contributed by atoms with van der Waals surface area (Å²) in [5.74, 6) is 0. The number of aryl methyl sites for hydroxylation is 3. The molecule has 1 aromatic carbocycles. The monoisotopic (exact) mass is 226 g/mol. The molecule has 0 aliphatic heterocycles. The third-order valence-electron chi connectivity index (χ3n) is 3.69. The minimum atomic E-state index is 1.16. The fourth-order valence-corrected chi connectivity index (χ4v) is 2.78. The van der Waals surface area contributed by atoms with Crippen LogP contribution in [0.25, 0.3) is 11.3 Å². The number of nitrogens with zero attached hydrogens (tertiary/aromatic N) is 1. The Balaban J connectivity index is 2.12. The summed E-state index contributed by atoms with van der Waals surface area (Å²) in [6, 6.07) is 6.61. The summed E-state index contributed by atoms with van der Waals surface area (Å²) in [6.45, 7) is 4.31. The fraction of sp³-hybridized carbons (Fsp3) is 0.400. The molecule has 1 N–H and O–H groups in total. The van der Waals surface area contributed by atoms with E-state index in [1.807, 2.05) is 0 Å². The van der Waals surface area contributed by atoms with Gasteiger partial charge >= 0.3 is 0 Å². The summed E-state index contributed by atoms with van der Waals surface area (Å²) < 4.78 is 0. The van der Waals surface area contributed by atoms with Gasteiger partial charge in [-0.3, -0.25) is 5.10 Å². The first kappa shape index (κ1) is 10.6. The van der Waals surface area contributed by atoms with Crippen LogP contribution < -0.4 is 0 Å². The number of benzene rings is 1. The van der Waals surface area contributed by atoms with Gasteiger partial charge in [0.2, 0.25) is 0 Å². The third kappa shape index (κ3) is 1.78. The Kier molecular flexibility index (Phi) is 2.50. The van der Waals surface area contributed by atoms with E-state index in [0.717, 1.165) is 6.42 Å². The average molecular weight is 226 g/mol. The first-order chi connectivity index (χ1) is 8.25. The van der Waals surface area contributed by atoms with E-state index >= 15 is 0 Å². The largest absolute Gasteiger partial charge is 0.282 e. The Bertz CT molecular complexity index is 552. The second kappa shape index (κ2) is 4.02. The van der Waals surface area contributed by atoms with Crippen LogP contribution in [-0.4, -0.2) is 10.2 Å². The normalized spacial score (nSPS) is 14.7. The first-order valence-electron chi connectivity index (χ1n) is 6.39. The lowest BCUT2D eigenvalue weighted by molar-refractivity contribution is 0.675. The van der Waals surface area contributed by atoms with Crippen molar-refractivity contribution in [3.05, 3.63) is 40.6 Å². The number of nitrogens with one attached hydrogen (secondary N) is 1. The van der Waals surface area contributed by atoms with Crippen LogP contribution in [0.5, 0.6) is 0 Å². The van der Waals surface area contributed by atoms with Crippen molar-refractivity contribution in [3.8, 4) is 11.3 Å². The molecular formula is C15H18N2. The maximum absolute atomic E-state index is 4.53. The van der Waals surface area contributed by atoms with Crippen LogP contribution in [0.4, 0.5) is 0 Å². The summed E-state index contributed by atoms with van der Waals surface area (Å²) in [4.78, 5) is 0. The molecule has 2 nitrogen and oxygen atoms in total. The van der Waals surface area contributed by atoms with Gasteiger partial charge in [0.15, 0.2) is 0 Å². The zero-order valence-corrected chi connectivity index (χ0v) is 10.5. The predicted octanol–water partition coefficient (Wildman–Crippen LogP) is 3.57. The number of rotatable bonds is 1. The van der Waals surface area contributed by atoms with Crippen LogP contribution in [0.3, 0.4) is 0 Å². The molecule has 1 aliphatic carbocycles. The van der Waals surface area contributed by atoms with Crippen LogP contribution in [0, 0.1) is 13.8 Å². The molecule has 2 aromatic rings. The number of fused-ring (bicyclic) bond motifs is 1. The van der Waals surface area contributed by atoms with Gasteiger partial charge in [-0.1, -0.05) is 23.8 Å². The molecule has 0 radical (unpaired) electrons. The molecule has 1 aliphatic rings. The quantitative estimate of drug-likeness (QED) is 0.791. The molecule has 2 heteroatoms. The lowest BCUT2D eigenvalue weighted by atomic mass is 9.92. The van der Waals surface area contributed by atoms with E-state index in [9.17, 15) is 0 Å². The van der Waals surface area contributed by atoms with E-state index < -0.39 is 0 Å². The highest BCUT2D eigenvalue weighted by molar-refractivity contribution is 5.68. The Morgan fingerprint density at radius 3 is 2.76 bits per heavy atom. The van der Waals surface area contributed by atoms with E-state index in [1.165, 1.54) is 52.9 Å². The van der Waals surface area contributed by atoms with Crippen molar-refractivity contribution in [2.45, 2.75) is 39.5 Å². The van der Waals surface area contributed by atoms with Crippen molar-refractivity contribution in [1.29, 1.82) is 0 Å². The predicted molar refractivity (Wildman–Crippen MR) is 70.1 cm³/mol. The smallest absolute Gasteiger partial charge is 0.0958 e. The molecule has 0 unspecified atom stereocenters. The fourth-order valence-electron chi connectivity index (χ4n) is 2.78. The van der Waals surface area contributed by atoms with Gasteiger partial charge in [-0.15, -0.1) is 0 Å². The summed E-state index contributed by atoms with van der Waals surface area (Å²) in [6.07, 6.45) is 4.92. The minimum absolute atomic E-state index is 1.16. The van der Waals surface area contributed by atoms with Crippen LogP contribution >= 0.6 is 0 Å².